The van der Waals surface area contributed by atoms with Crippen molar-refractivity contribution < 1.29 is 0 Å². The highest BCUT2D eigenvalue weighted by molar-refractivity contribution is 5.62. The molecule has 0 bridgehead atoms. The third kappa shape index (κ3) is 3.51. The van der Waals surface area contributed by atoms with Crippen molar-refractivity contribution in [3.8, 4) is 11.3 Å². The average Bonchev–Trinajstić information content (AvgIpc) is 2.43. The number of aromatic nitrogens is 2. The Bertz CT molecular complexity index is 669. The average molecular weight is 285 g/mol. The largest absolute Gasteiger partial charge is 0.394 e. The van der Waals surface area contributed by atoms with E-state index in [-0.39, 0.29) is 11.2 Å². The lowest BCUT2D eigenvalue weighted by atomic mass is 10.0. The summed E-state index contributed by atoms with van der Waals surface area (Å²) in [5.41, 5.74) is 8.86. The van der Waals surface area contributed by atoms with Gasteiger partial charge in [-0.25, -0.2) is 4.68 Å². The first-order chi connectivity index (χ1) is 9.88. The van der Waals surface area contributed by atoms with Crippen molar-refractivity contribution in [2.75, 3.05) is 5.73 Å². The summed E-state index contributed by atoms with van der Waals surface area (Å²) in [7, 11) is 0. The van der Waals surface area contributed by atoms with Gasteiger partial charge in [-0.3, -0.25) is 4.79 Å². The highest BCUT2D eigenvalue weighted by Gasteiger charge is 2.09. The van der Waals surface area contributed by atoms with Crippen LogP contribution in [0.5, 0.6) is 0 Å². The van der Waals surface area contributed by atoms with E-state index >= 15 is 0 Å². The molecule has 2 aromatic rings. The zero-order valence-electron chi connectivity index (χ0n) is 13.1. The smallest absolute Gasteiger partial charge is 0.289 e. The number of nitrogens with two attached hydrogens (primary N) is 1. The van der Waals surface area contributed by atoms with Crippen LogP contribution in [0.3, 0.4) is 0 Å². The zero-order valence-corrected chi connectivity index (χ0v) is 13.1. The van der Waals surface area contributed by atoms with Gasteiger partial charge in [0.1, 0.15) is 5.69 Å². The van der Waals surface area contributed by atoms with E-state index in [0.29, 0.717) is 18.4 Å². The molecule has 0 fully saturated rings. The Labute approximate surface area is 125 Å². The van der Waals surface area contributed by atoms with Gasteiger partial charge < -0.3 is 5.73 Å². The molecule has 0 atom stereocenters. The monoisotopic (exact) mass is 285 g/mol. The lowest BCUT2D eigenvalue weighted by Crippen LogP contribution is -2.27. The third-order valence-corrected chi connectivity index (χ3v) is 3.41. The second kappa shape index (κ2) is 6.12. The fraction of sp³-hybridized carbons (Fsp3) is 0.412. The van der Waals surface area contributed by atoms with Gasteiger partial charge in [-0.15, -0.1) is 0 Å². The molecule has 1 aromatic heterocycles. The minimum Gasteiger partial charge on any atom is -0.394 e. The van der Waals surface area contributed by atoms with E-state index in [0.717, 1.165) is 11.3 Å². The Kier molecular flexibility index (Phi) is 4.46. The van der Waals surface area contributed by atoms with Gasteiger partial charge in [-0.2, -0.15) is 5.10 Å². The molecule has 0 aliphatic rings. The maximum atomic E-state index is 12.0. The molecule has 0 spiro atoms. The van der Waals surface area contributed by atoms with Crippen LogP contribution in [0.1, 0.15) is 39.2 Å². The standard InChI is InChI=1S/C17H23N3O/c1-11(2)10-20-17(21)15(18)9-16(19-20)14-7-5-13(6-8-14)12(3)4/h5-9,11-12H,10,18H2,1-4H3. The summed E-state index contributed by atoms with van der Waals surface area (Å²) in [6.07, 6.45) is 0. The summed E-state index contributed by atoms with van der Waals surface area (Å²) in [4.78, 5) is 12.0. The molecule has 1 aromatic carbocycles. The molecule has 4 heteroatoms. The van der Waals surface area contributed by atoms with Crippen LogP contribution in [0.15, 0.2) is 35.1 Å². The molecule has 2 rings (SSSR count). The Morgan fingerprint density at radius 3 is 2.29 bits per heavy atom. The van der Waals surface area contributed by atoms with Crippen LogP contribution in [-0.4, -0.2) is 9.78 Å². The van der Waals surface area contributed by atoms with Gasteiger partial charge in [-0.05, 0) is 23.5 Å². The predicted octanol–water partition coefficient (Wildman–Crippen LogP) is 3.27. The molecule has 0 amide bonds. The van der Waals surface area contributed by atoms with E-state index in [4.69, 9.17) is 5.73 Å². The van der Waals surface area contributed by atoms with Crippen LogP contribution in [0, 0.1) is 5.92 Å². The quantitative estimate of drug-likeness (QED) is 0.937. The van der Waals surface area contributed by atoms with Crippen LogP contribution >= 0.6 is 0 Å². The molecule has 4 nitrogen and oxygen atoms in total. The Morgan fingerprint density at radius 2 is 1.76 bits per heavy atom. The molecule has 1 heterocycles. The SMILES string of the molecule is CC(C)Cn1nc(-c2ccc(C(C)C)cc2)cc(N)c1=O. The van der Waals surface area contributed by atoms with E-state index in [1.807, 2.05) is 12.1 Å². The molecular formula is C17H23N3O. The summed E-state index contributed by atoms with van der Waals surface area (Å²) in [5.74, 6) is 0.833. The minimum atomic E-state index is -0.216. The topological polar surface area (TPSA) is 60.9 Å². The second-order valence-electron chi connectivity index (χ2n) is 6.14. The number of benzene rings is 1. The van der Waals surface area contributed by atoms with Gasteiger partial charge in [0, 0.05) is 12.1 Å². The van der Waals surface area contributed by atoms with Crippen LogP contribution in [-0.2, 0) is 6.54 Å². The van der Waals surface area contributed by atoms with Crippen molar-refractivity contribution >= 4 is 5.69 Å². The molecule has 21 heavy (non-hydrogen) atoms. The maximum absolute atomic E-state index is 12.0. The lowest BCUT2D eigenvalue weighted by molar-refractivity contribution is 0.466. The van der Waals surface area contributed by atoms with E-state index in [1.54, 1.807) is 6.07 Å². The molecule has 0 aliphatic heterocycles. The Balaban J connectivity index is 2.44. The number of nitrogen functional groups attached to an aromatic ring is 1. The zero-order chi connectivity index (χ0) is 15.6. The summed E-state index contributed by atoms with van der Waals surface area (Å²) in [6, 6.07) is 9.90. The number of hydrogen-bond acceptors (Lipinski definition) is 3. The first-order valence-electron chi connectivity index (χ1n) is 7.36. The van der Waals surface area contributed by atoms with Gasteiger partial charge in [-0.1, -0.05) is 52.0 Å². The van der Waals surface area contributed by atoms with Crippen molar-refractivity contribution in [3.63, 3.8) is 0 Å². The summed E-state index contributed by atoms with van der Waals surface area (Å²) >= 11 is 0. The first kappa shape index (κ1) is 15.3. The minimum absolute atomic E-state index is 0.216. The van der Waals surface area contributed by atoms with Gasteiger partial charge >= 0.3 is 0 Å². The number of anilines is 1. The van der Waals surface area contributed by atoms with Crippen molar-refractivity contribution in [2.24, 2.45) is 5.92 Å². The summed E-state index contributed by atoms with van der Waals surface area (Å²) in [6.45, 7) is 8.99. The van der Waals surface area contributed by atoms with Crippen LogP contribution < -0.4 is 11.3 Å². The molecule has 0 unspecified atom stereocenters. The van der Waals surface area contributed by atoms with E-state index < -0.39 is 0 Å². The van der Waals surface area contributed by atoms with E-state index in [9.17, 15) is 4.79 Å². The van der Waals surface area contributed by atoms with Crippen LogP contribution in [0.4, 0.5) is 5.69 Å². The fourth-order valence-electron chi connectivity index (χ4n) is 2.21. The van der Waals surface area contributed by atoms with Gasteiger partial charge in [0.15, 0.2) is 0 Å². The normalized spacial score (nSPS) is 11.3. The molecular weight excluding hydrogens is 262 g/mol. The van der Waals surface area contributed by atoms with Gasteiger partial charge in [0.05, 0.1) is 5.69 Å². The van der Waals surface area contributed by atoms with Crippen LogP contribution in [0.2, 0.25) is 0 Å². The van der Waals surface area contributed by atoms with Gasteiger partial charge in [0.2, 0.25) is 0 Å². The van der Waals surface area contributed by atoms with Crippen molar-refractivity contribution in [1.82, 2.24) is 9.78 Å². The van der Waals surface area contributed by atoms with E-state index in [2.05, 4.69) is 44.9 Å². The number of hydrogen-bond donors (Lipinski definition) is 1. The second-order valence-corrected chi connectivity index (χ2v) is 6.14. The first-order valence-corrected chi connectivity index (χ1v) is 7.36. The fourth-order valence-corrected chi connectivity index (χ4v) is 2.21. The Hall–Kier alpha value is -2.10. The predicted molar refractivity (Wildman–Crippen MR) is 87.3 cm³/mol. The van der Waals surface area contributed by atoms with E-state index in [1.165, 1.54) is 10.2 Å². The third-order valence-electron chi connectivity index (χ3n) is 3.41. The van der Waals surface area contributed by atoms with Crippen molar-refractivity contribution in [3.05, 3.63) is 46.2 Å². The summed E-state index contributed by atoms with van der Waals surface area (Å²) in [5, 5.41) is 4.44. The molecule has 0 saturated carbocycles. The molecule has 0 aliphatic carbocycles. The molecule has 112 valence electrons. The molecule has 0 saturated heterocycles. The van der Waals surface area contributed by atoms with Crippen molar-refractivity contribution in [2.45, 2.75) is 40.2 Å². The molecule has 2 N–H and O–H groups in total. The number of nitrogens with zero attached hydrogens (tertiary/aromatic N) is 2. The molecule has 0 radical (unpaired) electrons. The van der Waals surface area contributed by atoms with Crippen molar-refractivity contribution in [1.29, 1.82) is 0 Å². The lowest BCUT2D eigenvalue weighted by Gasteiger charge is -2.11. The van der Waals surface area contributed by atoms with Gasteiger partial charge in [0.25, 0.3) is 5.56 Å². The highest BCUT2D eigenvalue weighted by atomic mass is 16.1. The maximum Gasteiger partial charge on any atom is 0.289 e. The summed E-state index contributed by atoms with van der Waals surface area (Å²) < 4.78 is 1.46. The van der Waals surface area contributed by atoms with Crippen LogP contribution in [0.25, 0.3) is 11.3 Å². The highest BCUT2D eigenvalue weighted by Crippen LogP contribution is 2.21. The Morgan fingerprint density at radius 1 is 1.14 bits per heavy atom. The number of rotatable bonds is 4.